The Balaban J connectivity index is 2.55. The molecule has 66 valence electrons. The van der Waals surface area contributed by atoms with Crippen molar-refractivity contribution in [3.8, 4) is 0 Å². The van der Waals surface area contributed by atoms with Gasteiger partial charge in [-0.15, -0.1) is 0 Å². The number of anilines is 1. The van der Waals surface area contributed by atoms with E-state index in [1.807, 2.05) is 42.5 Å². The molecule has 0 saturated carbocycles. The molecule has 1 N–H and O–H groups in total. The molecule has 1 heteroatoms. The van der Waals surface area contributed by atoms with Crippen molar-refractivity contribution in [2.45, 2.75) is 0 Å². The van der Waals surface area contributed by atoms with Crippen LogP contribution in [0.1, 0.15) is 0 Å². The highest BCUT2D eigenvalue weighted by atomic mass is 14.9. The van der Waals surface area contributed by atoms with Gasteiger partial charge in [-0.05, 0) is 18.2 Å². The lowest BCUT2D eigenvalue weighted by Gasteiger charge is -2.04. The Hall–Kier alpha value is -1.76. The molecule has 0 aliphatic rings. The van der Waals surface area contributed by atoms with Gasteiger partial charge in [-0.3, -0.25) is 0 Å². The second-order valence-corrected chi connectivity index (χ2v) is 2.61. The van der Waals surface area contributed by atoms with Crippen LogP contribution in [0.4, 0.5) is 5.69 Å². The third-order valence-corrected chi connectivity index (χ3v) is 1.51. The van der Waals surface area contributed by atoms with E-state index in [2.05, 4.69) is 18.5 Å². The molecule has 0 fully saturated rings. The highest BCUT2D eigenvalue weighted by Gasteiger charge is 1.88. The van der Waals surface area contributed by atoms with E-state index >= 15 is 0 Å². The summed E-state index contributed by atoms with van der Waals surface area (Å²) < 4.78 is 0. The van der Waals surface area contributed by atoms with Crippen LogP contribution in [0.2, 0.25) is 0 Å². The van der Waals surface area contributed by atoms with E-state index in [9.17, 15) is 0 Å². The van der Waals surface area contributed by atoms with Gasteiger partial charge in [-0.2, -0.15) is 0 Å². The minimum atomic E-state index is 0.853. The minimum Gasteiger partial charge on any atom is -0.356 e. The van der Waals surface area contributed by atoms with Crippen molar-refractivity contribution >= 4 is 5.69 Å². The fourth-order valence-electron chi connectivity index (χ4n) is 0.933. The Labute approximate surface area is 79.1 Å². The Bertz CT molecular complexity index is 309. The summed E-state index contributed by atoms with van der Waals surface area (Å²) in [6, 6.07) is 9.92. The average Bonchev–Trinajstić information content (AvgIpc) is 2.16. The molecule has 1 rings (SSSR count). The SMILES string of the molecule is C=C/C=C\C(=C)Nc1ccccc1. The monoisotopic (exact) mass is 171 g/mol. The van der Waals surface area contributed by atoms with Crippen LogP contribution in [0.3, 0.4) is 0 Å². The summed E-state index contributed by atoms with van der Waals surface area (Å²) in [4.78, 5) is 0. The van der Waals surface area contributed by atoms with Gasteiger partial charge in [0, 0.05) is 11.4 Å². The lowest BCUT2D eigenvalue weighted by molar-refractivity contribution is 1.49. The number of para-hydroxylation sites is 1. The molecule has 0 aliphatic carbocycles. The number of allylic oxidation sites excluding steroid dienone is 3. The van der Waals surface area contributed by atoms with Crippen molar-refractivity contribution in [3.63, 3.8) is 0 Å². The van der Waals surface area contributed by atoms with Gasteiger partial charge < -0.3 is 5.32 Å². The fraction of sp³-hybridized carbons (Fsp3) is 0. The molecule has 0 unspecified atom stereocenters. The van der Waals surface area contributed by atoms with Crippen molar-refractivity contribution in [1.82, 2.24) is 0 Å². The normalized spacial score (nSPS) is 9.85. The number of nitrogens with one attached hydrogen (secondary N) is 1. The first-order chi connectivity index (χ1) is 6.33. The lowest BCUT2D eigenvalue weighted by Crippen LogP contribution is -1.93. The molecule has 0 bridgehead atoms. The first-order valence-corrected chi connectivity index (χ1v) is 4.13. The molecule has 0 radical (unpaired) electrons. The van der Waals surface area contributed by atoms with Crippen LogP contribution >= 0.6 is 0 Å². The van der Waals surface area contributed by atoms with E-state index in [1.54, 1.807) is 6.08 Å². The average molecular weight is 171 g/mol. The fourth-order valence-corrected chi connectivity index (χ4v) is 0.933. The summed E-state index contributed by atoms with van der Waals surface area (Å²) in [5.41, 5.74) is 1.90. The maximum atomic E-state index is 3.84. The first-order valence-electron chi connectivity index (χ1n) is 4.13. The molecule has 13 heavy (non-hydrogen) atoms. The van der Waals surface area contributed by atoms with Gasteiger partial charge in [0.25, 0.3) is 0 Å². The molecule has 0 atom stereocenters. The molecular formula is C12H13N. The molecular weight excluding hydrogens is 158 g/mol. The van der Waals surface area contributed by atoms with E-state index in [0.29, 0.717) is 0 Å². The standard InChI is InChI=1S/C12H13N/c1-3-4-8-11(2)13-12-9-6-5-7-10-12/h3-10,13H,1-2H2/b8-4-. The Kier molecular flexibility index (Phi) is 3.58. The molecule has 0 spiro atoms. The van der Waals surface area contributed by atoms with Crippen molar-refractivity contribution < 1.29 is 0 Å². The van der Waals surface area contributed by atoms with Crippen molar-refractivity contribution in [2.24, 2.45) is 0 Å². The van der Waals surface area contributed by atoms with Crippen molar-refractivity contribution in [3.05, 3.63) is 67.4 Å². The Morgan fingerprint density at radius 3 is 2.54 bits per heavy atom. The van der Waals surface area contributed by atoms with E-state index in [-0.39, 0.29) is 0 Å². The van der Waals surface area contributed by atoms with Crippen LogP contribution in [0.5, 0.6) is 0 Å². The van der Waals surface area contributed by atoms with Crippen LogP contribution in [-0.4, -0.2) is 0 Å². The van der Waals surface area contributed by atoms with E-state index in [4.69, 9.17) is 0 Å². The lowest BCUT2D eigenvalue weighted by atomic mass is 10.3. The van der Waals surface area contributed by atoms with Gasteiger partial charge in [0.15, 0.2) is 0 Å². The van der Waals surface area contributed by atoms with Gasteiger partial charge in [0.2, 0.25) is 0 Å². The third-order valence-electron chi connectivity index (χ3n) is 1.51. The maximum absolute atomic E-state index is 3.84. The highest BCUT2D eigenvalue weighted by Crippen LogP contribution is 2.08. The zero-order chi connectivity index (χ0) is 9.52. The van der Waals surface area contributed by atoms with Gasteiger partial charge in [0.1, 0.15) is 0 Å². The van der Waals surface area contributed by atoms with Gasteiger partial charge >= 0.3 is 0 Å². The first kappa shape index (κ1) is 9.33. The zero-order valence-corrected chi connectivity index (χ0v) is 7.53. The summed E-state index contributed by atoms with van der Waals surface area (Å²) in [6.45, 7) is 7.43. The van der Waals surface area contributed by atoms with E-state index < -0.39 is 0 Å². The maximum Gasteiger partial charge on any atom is 0.0384 e. The topological polar surface area (TPSA) is 12.0 Å². The van der Waals surface area contributed by atoms with Gasteiger partial charge in [-0.1, -0.05) is 43.5 Å². The molecule has 1 nitrogen and oxygen atoms in total. The molecule has 0 aromatic heterocycles. The second kappa shape index (κ2) is 4.99. The third kappa shape index (κ3) is 3.43. The summed E-state index contributed by atoms with van der Waals surface area (Å²) in [6.07, 6.45) is 5.44. The summed E-state index contributed by atoms with van der Waals surface area (Å²) >= 11 is 0. The van der Waals surface area contributed by atoms with E-state index in [0.717, 1.165) is 11.4 Å². The number of hydrogen-bond donors (Lipinski definition) is 1. The predicted molar refractivity (Wildman–Crippen MR) is 58.5 cm³/mol. The molecule has 0 saturated heterocycles. The molecule has 1 aromatic carbocycles. The van der Waals surface area contributed by atoms with Crippen LogP contribution in [0.15, 0.2) is 67.4 Å². The van der Waals surface area contributed by atoms with Crippen molar-refractivity contribution in [2.75, 3.05) is 5.32 Å². The Morgan fingerprint density at radius 1 is 1.23 bits per heavy atom. The highest BCUT2D eigenvalue weighted by molar-refractivity contribution is 5.49. The minimum absolute atomic E-state index is 0.853. The molecule has 1 aromatic rings. The van der Waals surface area contributed by atoms with Crippen LogP contribution in [0.25, 0.3) is 0 Å². The predicted octanol–water partition coefficient (Wildman–Crippen LogP) is 3.35. The van der Waals surface area contributed by atoms with Crippen LogP contribution < -0.4 is 5.32 Å². The summed E-state index contributed by atoms with van der Waals surface area (Å²) in [7, 11) is 0. The van der Waals surface area contributed by atoms with E-state index in [1.165, 1.54) is 0 Å². The Morgan fingerprint density at radius 2 is 1.92 bits per heavy atom. The molecule has 0 amide bonds. The summed E-state index contributed by atoms with van der Waals surface area (Å²) in [5, 5.41) is 3.15. The van der Waals surface area contributed by atoms with Crippen LogP contribution in [-0.2, 0) is 0 Å². The zero-order valence-electron chi connectivity index (χ0n) is 7.53. The number of hydrogen-bond acceptors (Lipinski definition) is 1. The van der Waals surface area contributed by atoms with Gasteiger partial charge in [-0.25, -0.2) is 0 Å². The quantitative estimate of drug-likeness (QED) is 0.685. The number of rotatable bonds is 4. The summed E-state index contributed by atoms with van der Waals surface area (Å²) in [5.74, 6) is 0. The number of benzene rings is 1. The van der Waals surface area contributed by atoms with Gasteiger partial charge in [0.05, 0.1) is 0 Å². The second-order valence-electron chi connectivity index (χ2n) is 2.61. The molecule has 0 heterocycles. The van der Waals surface area contributed by atoms with Crippen molar-refractivity contribution in [1.29, 1.82) is 0 Å². The van der Waals surface area contributed by atoms with Crippen LogP contribution in [0, 0.1) is 0 Å². The molecule has 0 aliphatic heterocycles. The largest absolute Gasteiger partial charge is 0.356 e. The smallest absolute Gasteiger partial charge is 0.0384 e.